The number of carbonyl (C=O) groups is 2. The average Bonchev–Trinajstić information content (AvgIpc) is 2.59. The fourth-order valence-electron chi connectivity index (χ4n) is 2.26. The van der Waals surface area contributed by atoms with E-state index in [0.29, 0.717) is 16.2 Å². The van der Waals surface area contributed by atoms with Crippen molar-refractivity contribution in [3.8, 4) is 11.1 Å². The van der Waals surface area contributed by atoms with E-state index >= 15 is 0 Å². The number of aliphatic hydroxyl groups excluding tert-OH is 1. The molecule has 1 unspecified atom stereocenters. The number of carboxylic acids is 1. The van der Waals surface area contributed by atoms with E-state index in [0.717, 1.165) is 5.56 Å². The summed E-state index contributed by atoms with van der Waals surface area (Å²) >= 11 is 0. The van der Waals surface area contributed by atoms with Crippen molar-refractivity contribution in [1.82, 2.24) is 5.06 Å². The molecular weight excluding hydrogens is 298 g/mol. The number of nitrogens with zero attached hydrogens (tertiary/aromatic N) is 1. The van der Waals surface area contributed by atoms with Crippen LogP contribution in [0.1, 0.15) is 10.4 Å². The van der Waals surface area contributed by atoms with Crippen LogP contribution in [0.3, 0.4) is 0 Å². The van der Waals surface area contributed by atoms with Crippen LogP contribution in [0.15, 0.2) is 54.6 Å². The first-order valence-electron chi connectivity index (χ1n) is 6.96. The van der Waals surface area contributed by atoms with Gasteiger partial charge in [-0.2, -0.15) is 0 Å². The average molecular weight is 315 g/mol. The maximum atomic E-state index is 12.7. The van der Waals surface area contributed by atoms with Crippen LogP contribution in [-0.4, -0.2) is 46.9 Å². The largest absolute Gasteiger partial charge is 0.480 e. The van der Waals surface area contributed by atoms with Gasteiger partial charge in [-0.05, 0) is 17.2 Å². The van der Waals surface area contributed by atoms with E-state index in [4.69, 9.17) is 9.94 Å². The van der Waals surface area contributed by atoms with Crippen LogP contribution in [0.5, 0.6) is 0 Å². The van der Waals surface area contributed by atoms with Crippen molar-refractivity contribution in [2.24, 2.45) is 0 Å². The van der Waals surface area contributed by atoms with Gasteiger partial charge >= 0.3 is 5.97 Å². The minimum absolute atomic E-state index is 0.292. The lowest BCUT2D eigenvalue weighted by molar-refractivity contribution is -0.170. The molecule has 0 saturated carbocycles. The first-order valence-corrected chi connectivity index (χ1v) is 6.96. The molecule has 0 spiro atoms. The standard InChI is InChI=1S/C17H17NO5/c1-23-18(15(11-19)17(21)22)16(20)14-10-6-5-9-13(14)12-7-3-2-4-8-12/h2-10,15,19H,11H2,1H3,(H,21,22). The third-order valence-corrected chi connectivity index (χ3v) is 3.38. The van der Waals surface area contributed by atoms with E-state index < -0.39 is 24.5 Å². The van der Waals surface area contributed by atoms with Gasteiger partial charge in [0.15, 0.2) is 6.04 Å². The van der Waals surface area contributed by atoms with E-state index in [-0.39, 0.29) is 0 Å². The number of aliphatic carboxylic acids is 1. The van der Waals surface area contributed by atoms with E-state index in [1.807, 2.05) is 30.3 Å². The smallest absolute Gasteiger partial charge is 0.331 e. The van der Waals surface area contributed by atoms with E-state index in [1.165, 1.54) is 7.11 Å². The van der Waals surface area contributed by atoms with Crippen molar-refractivity contribution in [3.63, 3.8) is 0 Å². The van der Waals surface area contributed by atoms with Crippen molar-refractivity contribution in [1.29, 1.82) is 0 Å². The summed E-state index contributed by atoms with van der Waals surface area (Å²) in [6, 6.07) is 14.6. The molecule has 0 bridgehead atoms. The molecule has 0 saturated heterocycles. The molecule has 2 N–H and O–H groups in total. The van der Waals surface area contributed by atoms with E-state index in [9.17, 15) is 14.7 Å². The van der Waals surface area contributed by atoms with Crippen molar-refractivity contribution in [3.05, 3.63) is 60.2 Å². The molecule has 0 aliphatic carbocycles. The number of carboxylic acid groups (broad SMARTS) is 1. The number of benzene rings is 2. The Bertz CT molecular complexity index is 686. The Morgan fingerprint density at radius 2 is 1.70 bits per heavy atom. The molecule has 2 rings (SSSR count). The van der Waals surface area contributed by atoms with Gasteiger partial charge < -0.3 is 10.2 Å². The maximum Gasteiger partial charge on any atom is 0.331 e. The highest BCUT2D eigenvalue weighted by Crippen LogP contribution is 2.25. The topological polar surface area (TPSA) is 87.1 Å². The summed E-state index contributed by atoms with van der Waals surface area (Å²) in [6.45, 7) is -0.748. The number of hydrogen-bond donors (Lipinski definition) is 2. The maximum absolute atomic E-state index is 12.7. The summed E-state index contributed by atoms with van der Waals surface area (Å²) in [5.74, 6) is -1.98. The van der Waals surface area contributed by atoms with Crippen LogP contribution in [-0.2, 0) is 9.63 Å². The van der Waals surface area contributed by atoms with E-state index in [1.54, 1.807) is 24.3 Å². The zero-order valence-electron chi connectivity index (χ0n) is 12.5. The number of hydroxylamine groups is 2. The van der Waals surface area contributed by atoms with E-state index in [2.05, 4.69) is 0 Å². The van der Waals surface area contributed by atoms with Gasteiger partial charge in [-0.15, -0.1) is 0 Å². The van der Waals surface area contributed by atoms with Gasteiger partial charge in [0.05, 0.1) is 13.7 Å². The molecule has 0 radical (unpaired) electrons. The molecule has 0 aromatic heterocycles. The summed E-state index contributed by atoms with van der Waals surface area (Å²) in [5, 5.41) is 19.0. The molecule has 0 heterocycles. The highest BCUT2D eigenvalue weighted by molar-refractivity contribution is 6.01. The monoisotopic (exact) mass is 315 g/mol. The molecule has 1 amide bonds. The van der Waals surface area contributed by atoms with Gasteiger partial charge in [0.2, 0.25) is 0 Å². The van der Waals surface area contributed by atoms with Crippen molar-refractivity contribution >= 4 is 11.9 Å². The lowest BCUT2D eigenvalue weighted by Gasteiger charge is -2.25. The zero-order chi connectivity index (χ0) is 16.8. The second-order valence-corrected chi connectivity index (χ2v) is 4.76. The molecule has 0 fully saturated rings. The molecule has 2 aromatic carbocycles. The van der Waals surface area contributed by atoms with Crippen LogP contribution in [0.25, 0.3) is 11.1 Å². The normalized spacial score (nSPS) is 11.7. The second kappa shape index (κ2) is 7.53. The second-order valence-electron chi connectivity index (χ2n) is 4.76. The Labute approximate surface area is 133 Å². The minimum Gasteiger partial charge on any atom is -0.480 e. The number of amides is 1. The van der Waals surface area contributed by atoms with Crippen molar-refractivity contribution < 1.29 is 24.6 Å². The highest BCUT2D eigenvalue weighted by atomic mass is 16.7. The van der Waals surface area contributed by atoms with Crippen LogP contribution < -0.4 is 0 Å². The molecule has 1 atom stereocenters. The zero-order valence-corrected chi connectivity index (χ0v) is 12.5. The number of rotatable bonds is 6. The van der Waals surface area contributed by atoms with Crippen molar-refractivity contribution in [2.75, 3.05) is 13.7 Å². The van der Waals surface area contributed by atoms with Gasteiger partial charge in [0.25, 0.3) is 5.91 Å². The first kappa shape index (κ1) is 16.7. The third kappa shape index (κ3) is 3.56. The summed E-state index contributed by atoms with van der Waals surface area (Å²) < 4.78 is 0. The SMILES string of the molecule is CON(C(=O)c1ccccc1-c1ccccc1)C(CO)C(=O)O. The highest BCUT2D eigenvalue weighted by Gasteiger charge is 2.31. The lowest BCUT2D eigenvalue weighted by atomic mass is 9.99. The minimum atomic E-state index is -1.48. The quantitative estimate of drug-likeness (QED) is 0.794. The first-order chi connectivity index (χ1) is 11.1. The molecule has 2 aromatic rings. The van der Waals surface area contributed by atoms with Crippen LogP contribution in [0.4, 0.5) is 0 Å². The summed E-state index contributed by atoms with van der Waals surface area (Å²) in [5.41, 5.74) is 1.77. The number of carbonyl (C=O) groups excluding carboxylic acids is 1. The van der Waals surface area contributed by atoms with Crippen LogP contribution in [0.2, 0.25) is 0 Å². The fourth-order valence-corrected chi connectivity index (χ4v) is 2.26. The predicted molar refractivity (Wildman–Crippen MR) is 83.6 cm³/mol. The number of aliphatic hydroxyl groups is 1. The van der Waals surface area contributed by atoms with Crippen LogP contribution in [0, 0.1) is 0 Å². The fraction of sp³-hybridized carbons (Fsp3) is 0.176. The Morgan fingerprint density at radius 3 is 2.26 bits per heavy atom. The molecule has 6 nitrogen and oxygen atoms in total. The van der Waals surface area contributed by atoms with Crippen molar-refractivity contribution in [2.45, 2.75) is 6.04 Å². The predicted octanol–water partition coefficient (Wildman–Crippen LogP) is 1.80. The van der Waals surface area contributed by atoms with Gasteiger partial charge in [-0.25, -0.2) is 9.86 Å². The Balaban J connectivity index is 2.45. The molecule has 120 valence electrons. The van der Waals surface area contributed by atoms with Gasteiger partial charge in [-0.3, -0.25) is 9.63 Å². The molecule has 0 aliphatic rings. The van der Waals surface area contributed by atoms with Gasteiger partial charge in [0, 0.05) is 5.56 Å². The lowest BCUT2D eigenvalue weighted by Crippen LogP contribution is -2.46. The van der Waals surface area contributed by atoms with Gasteiger partial charge in [-0.1, -0.05) is 48.5 Å². The summed E-state index contributed by atoms with van der Waals surface area (Å²) in [7, 11) is 1.19. The summed E-state index contributed by atoms with van der Waals surface area (Å²) in [6.07, 6.45) is 0. The number of hydrogen-bond acceptors (Lipinski definition) is 4. The molecule has 23 heavy (non-hydrogen) atoms. The Kier molecular flexibility index (Phi) is 5.46. The molecule has 0 aliphatic heterocycles. The molecular formula is C17H17NO5. The third-order valence-electron chi connectivity index (χ3n) is 3.38. The Morgan fingerprint density at radius 1 is 1.09 bits per heavy atom. The molecule has 6 heteroatoms. The van der Waals surface area contributed by atoms with Crippen LogP contribution >= 0.6 is 0 Å². The Hall–Kier alpha value is -2.70. The van der Waals surface area contributed by atoms with Gasteiger partial charge in [0.1, 0.15) is 0 Å². The summed E-state index contributed by atoms with van der Waals surface area (Å²) in [4.78, 5) is 28.8.